The van der Waals surface area contributed by atoms with E-state index in [1.54, 1.807) is 12.1 Å². The van der Waals surface area contributed by atoms with Crippen molar-refractivity contribution in [3.63, 3.8) is 0 Å². The summed E-state index contributed by atoms with van der Waals surface area (Å²) in [5.74, 6) is -0.546. The van der Waals surface area contributed by atoms with E-state index >= 15 is 0 Å². The highest BCUT2D eigenvalue weighted by Gasteiger charge is 2.25. The Morgan fingerprint density at radius 2 is 1.88 bits per heavy atom. The first-order chi connectivity index (χ1) is 12.1. The molecule has 1 fully saturated rings. The predicted octanol–water partition coefficient (Wildman–Crippen LogP) is 2.49. The molecule has 0 spiro atoms. The highest BCUT2D eigenvalue weighted by molar-refractivity contribution is 5.87. The summed E-state index contributed by atoms with van der Waals surface area (Å²) in [5, 5.41) is 8.28. The Hall–Kier alpha value is -2.89. The van der Waals surface area contributed by atoms with Crippen molar-refractivity contribution in [3.05, 3.63) is 71.5 Å². The molecule has 3 amide bonds. The molecule has 2 aromatic rings. The molecule has 0 aliphatic carbocycles. The SMILES string of the molecule is O=C(N[C@H](c1ccccc1)c1cccc(F)c1)N[C@@H]1CCCNC1=O. The zero-order valence-electron chi connectivity index (χ0n) is 13.7. The number of halogens is 1. The lowest BCUT2D eigenvalue weighted by molar-refractivity contribution is -0.124. The van der Waals surface area contributed by atoms with Gasteiger partial charge in [0.05, 0.1) is 6.04 Å². The molecule has 1 aliphatic heterocycles. The molecule has 2 atom stereocenters. The summed E-state index contributed by atoms with van der Waals surface area (Å²) in [7, 11) is 0. The molecule has 1 saturated heterocycles. The number of urea groups is 1. The average Bonchev–Trinajstić information content (AvgIpc) is 2.62. The van der Waals surface area contributed by atoms with Crippen molar-refractivity contribution >= 4 is 11.9 Å². The molecule has 0 unspecified atom stereocenters. The van der Waals surface area contributed by atoms with Crippen LogP contribution in [0.2, 0.25) is 0 Å². The number of carbonyl (C=O) groups excluding carboxylic acids is 2. The van der Waals surface area contributed by atoms with Crippen molar-refractivity contribution in [2.24, 2.45) is 0 Å². The summed E-state index contributed by atoms with van der Waals surface area (Å²) < 4.78 is 13.6. The highest BCUT2D eigenvalue weighted by Crippen LogP contribution is 2.22. The van der Waals surface area contributed by atoms with Crippen LogP contribution in [0.15, 0.2) is 54.6 Å². The molecular weight excluding hydrogens is 321 g/mol. The van der Waals surface area contributed by atoms with E-state index in [-0.39, 0.29) is 11.7 Å². The van der Waals surface area contributed by atoms with Crippen LogP contribution in [0.3, 0.4) is 0 Å². The summed E-state index contributed by atoms with van der Waals surface area (Å²) >= 11 is 0. The van der Waals surface area contributed by atoms with Crippen molar-refractivity contribution < 1.29 is 14.0 Å². The van der Waals surface area contributed by atoms with E-state index in [1.165, 1.54) is 12.1 Å². The Kier molecular flexibility index (Phi) is 5.28. The number of nitrogens with one attached hydrogen (secondary N) is 3. The molecule has 3 N–H and O–H groups in total. The molecule has 1 heterocycles. The third-order valence-corrected chi connectivity index (χ3v) is 4.18. The van der Waals surface area contributed by atoms with Crippen LogP contribution in [-0.2, 0) is 4.79 Å². The quantitative estimate of drug-likeness (QED) is 0.800. The minimum absolute atomic E-state index is 0.177. The van der Waals surface area contributed by atoms with Crippen LogP contribution in [0.5, 0.6) is 0 Å². The van der Waals surface area contributed by atoms with Gasteiger partial charge in [0.15, 0.2) is 0 Å². The van der Waals surface area contributed by atoms with E-state index in [2.05, 4.69) is 16.0 Å². The molecule has 2 aromatic carbocycles. The Balaban J connectivity index is 1.78. The van der Waals surface area contributed by atoms with E-state index in [9.17, 15) is 14.0 Å². The Labute approximate surface area is 145 Å². The second-order valence-corrected chi connectivity index (χ2v) is 6.00. The zero-order valence-corrected chi connectivity index (χ0v) is 13.7. The number of hydrogen-bond donors (Lipinski definition) is 3. The van der Waals surface area contributed by atoms with Crippen molar-refractivity contribution in [1.82, 2.24) is 16.0 Å². The standard InChI is InChI=1S/C19H20FN3O2/c20-15-9-4-8-14(12-15)17(13-6-2-1-3-7-13)23-19(25)22-16-10-5-11-21-18(16)24/h1-4,6-9,12,16-17H,5,10-11H2,(H,21,24)(H2,22,23,25)/t16-,17-/m1/s1. The van der Waals surface area contributed by atoms with Crippen LogP contribution in [0.4, 0.5) is 9.18 Å². The van der Waals surface area contributed by atoms with Gasteiger partial charge in [-0.1, -0.05) is 42.5 Å². The number of amides is 3. The monoisotopic (exact) mass is 341 g/mol. The van der Waals surface area contributed by atoms with Crippen LogP contribution in [-0.4, -0.2) is 24.5 Å². The van der Waals surface area contributed by atoms with E-state index in [1.807, 2.05) is 30.3 Å². The van der Waals surface area contributed by atoms with Gasteiger partial charge >= 0.3 is 6.03 Å². The molecule has 25 heavy (non-hydrogen) atoms. The Morgan fingerprint density at radius 1 is 1.12 bits per heavy atom. The molecule has 5 nitrogen and oxygen atoms in total. The van der Waals surface area contributed by atoms with Gasteiger partial charge in [0.2, 0.25) is 5.91 Å². The van der Waals surface area contributed by atoms with E-state index in [4.69, 9.17) is 0 Å². The topological polar surface area (TPSA) is 70.2 Å². The van der Waals surface area contributed by atoms with E-state index < -0.39 is 18.1 Å². The van der Waals surface area contributed by atoms with Gasteiger partial charge in [-0.25, -0.2) is 9.18 Å². The van der Waals surface area contributed by atoms with Crippen molar-refractivity contribution in [1.29, 1.82) is 0 Å². The normalized spacial score (nSPS) is 18.1. The number of piperidine rings is 1. The molecular formula is C19H20FN3O2. The summed E-state index contributed by atoms with van der Waals surface area (Å²) in [4.78, 5) is 24.2. The Morgan fingerprint density at radius 3 is 2.60 bits per heavy atom. The van der Waals surface area contributed by atoms with Crippen LogP contribution in [0.1, 0.15) is 30.0 Å². The van der Waals surface area contributed by atoms with Gasteiger partial charge in [-0.2, -0.15) is 0 Å². The maximum absolute atomic E-state index is 13.6. The van der Waals surface area contributed by atoms with Crippen LogP contribution >= 0.6 is 0 Å². The third kappa shape index (κ3) is 4.35. The number of benzene rings is 2. The maximum Gasteiger partial charge on any atom is 0.316 e. The Bertz CT molecular complexity index is 751. The largest absolute Gasteiger partial charge is 0.354 e. The van der Waals surface area contributed by atoms with Gasteiger partial charge in [0.25, 0.3) is 0 Å². The first kappa shape index (κ1) is 17.0. The van der Waals surface area contributed by atoms with E-state index in [0.717, 1.165) is 12.0 Å². The average molecular weight is 341 g/mol. The number of carbonyl (C=O) groups is 2. The lowest BCUT2D eigenvalue weighted by atomic mass is 9.98. The zero-order chi connectivity index (χ0) is 17.6. The minimum atomic E-state index is -0.544. The molecule has 1 aliphatic rings. The summed E-state index contributed by atoms with van der Waals surface area (Å²) in [5.41, 5.74) is 1.46. The fourth-order valence-electron chi connectivity index (χ4n) is 2.93. The smallest absolute Gasteiger partial charge is 0.316 e. The van der Waals surface area contributed by atoms with Gasteiger partial charge < -0.3 is 16.0 Å². The van der Waals surface area contributed by atoms with Gasteiger partial charge in [-0.3, -0.25) is 4.79 Å². The molecule has 130 valence electrons. The number of hydrogen-bond acceptors (Lipinski definition) is 2. The molecule has 0 bridgehead atoms. The fourth-order valence-corrected chi connectivity index (χ4v) is 2.93. The first-order valence-corrected chi connectivity index (χ1v) is 8.28. The molecule has 0 saturated carbocycles. The molecule has 3 rings (SSSR count). The second kappa shape index (κ2) is 7.79. The van der Waals surface area contributed by atoms with E-state index in [0.29, 0.717) is 18.5 Å². The molecule has 6 heteroatoms. The number of rotatable bonds is 4. The summed E-state index contributed by atoms with van der Waals surface area (Å²) in [6.45, 7) is 0.633. The van der Waals surface area contributed by atoms with Crippen molar-refractivity contribution in [2.45, 2.75) is 24.9 Å². The fraction of sp³-hybridized carbons (Fsp3) is 0.263. The van der Waals surface area contributed by atoms with Gasteiger partial charge in [-0.15, -0.1) is 0 Å². The maximum atomic E-state index is 13.6. The lowest BCUT2D eigenvalue weighted by Crippen LogP contribution is -2.53. The third-order valence-electron chi connectivity index (χ3n) is 4.18. The summed E-state index contributed by atoms with van der Waals surface area (Å²) in [6, 6.07) is 13.9. The predicted molar refractivity (Wildman–Crippen MR) is 92.4 cm³/mol. The van der Waals surface area contributed by atoms with Crippen molar-refractivity contribution in [2.75, 3.05) is 6.54 Å². The van der Waals surface area contributed by atoms with Gasteiger partial charge in [0.1, 0.15) is 11.9 Å². The highest BCUT2D eigenvalue weighted by atomic mass is 19.1. The molecule has 0 radical (unpaired) electrons. The minimum Gasteiger partial charge on any atom is -0.354 e. The van der Waals surface area contributed by atoms with Crippen LogP contribution in [0.25, 0.3) is 0 Å². The lowest BCUT2D eigenvalue weighted by Gasteiger charge is -2.25. The van der Waals surface area contributed by atoms with Gasteiger partial charge in [0, 0.05) is 6.54 Å². The summed E-state index contributed by atoms with van der Waals surface area (Å²) in [6.07, 6.45) is 1.43. The van der Waals surface area contributed by atoms with Crippen LogP contribution in [0, 0.1) is 5.82 Å². The first-order valence-electron chi connectivity index (χ1n) is 8.28. The van der Waals surface area contributed by atoms with Gasteiger partial charge in [-0.05, 0) is 36.1 Å². The van der Waals surface area contributed by atoms with Crippen LogP contribution < -0.4 is 16.0 Å². The second-order valence-electron chi connectivity index (χ2n) is 6.00. The molecule has 0 aromatic heterocycles. The van der Waals surface area contributed by atoms with Crippen molar-refractivity contribution in [3.8, 4) is 0 Å².